The molecule has 0 spiro atoms. The molecule has 16 nitrogen and oxygen atoms in total. The molecule has 0 unspecified atom stereocenters. The van der Waals surface area contributed by atoms with Gasteiger partial charge in [-0.3, -0.25) is 28.8 Å². The Kier molecular flexibility index (Phi) is 16.1. The van der Waals surface area contributed by atoms with E-state index in [9.17, 15) is 44.1 Å². The summed E-state index contributed by atoms with van der Waals surface area (Å²) < 4.78 is 0. The number of phenols is 1. The number of primary amides is 1. The van der Waals surface area contributed by atoms with Crippen molar-refractivity contribution >= 4 is 35.4 Å². The number of hydrogen-bond acceptors (Lipinski definition) is 10. The maximum atomic E-state index is 13.5. The Hall–Kier alpha value is -5.06. The van der Waals surface area contributed by atoms with Crippen LogP contribution in [0.15, 0.2) is 54.6 Å². The highest BCUT2D eigenvalue weighted by Gasteiger charge is 2.31. The van der Waals surface area contributed by atoms with E-state index in [0.29, 0.717) is 11.1 Å². The van der Waals surface area contributed by atoms with Crippen molar-refractivity contribution in [1.29, 1.82) is 0 Å². The summed E-state index contributed by atoms with van der Waals surface area (Å²) in [6.07, 6.45) is -1.12. The van der Waals surface area contributed by atoms with E-state index >= 15 is 0 Å². The van der Waals surface area contributed by atoms with Gasteiger partial charge in [0.15, 0.2) is 0 Å². The molecular weight excluding hydrogens is 638 g/mol. The molecule has 12 N–H and O–H groups in total. The molecule has 0 saturated heterocycles. The van der Waals surface area contributed by atoms with Crippen molar-refractivity contribution in [3.8, 4) is 5.75 Å². The first-order valence-electron chi connectivity index (χ1n) is 15.7. The zero-order chi connectivity index (χ0) is 36.7. The third-order valence-electron chi connectivity index (χ3n) is 7.33. The second-order valence-corrected chi connectivity index (χ2v) is 12.1. The number of carbonyl (C=O) groups is 6. The quantitative estimate of drug-likeness (QED) is 0.0740. The van der Waals surface area contributed by atoms with Crippen molar-refractivity contribution in [1.82, 2.24) is 26.6 Å². The molecule has 0 aliphatic rings. The molecule has 0 radical (unpaired) electrons. The van der Waals surface area contributed by atoms with E-state index in [4.69, 9.17) is 11.5 Å². The van der Waals surface area contributed by atoms with Crippen LogP contribution in [0.2, 0.25) is 0 Å². The summed E-state index contributed by atoms with van der Waals surface area (Å²) in [7, 11) is 0. The van der Waals surface area contributed by atoms with E-state index in [2.05, 4.69) is 26.6 Å². The molecule has 0 aliphatic carbocycles. The fourth-order valence-corrected chi connectivity index (χ4v) is 4.68. The first-order chi connectivity index (χ1) is 23.1. The number of aliphatic hydroxyl groups excluding tert-OH is 2. The van der Waals surface area contributed by atoms with Crippen LogP contribution in [0, 0.1) is 5.92 Å². The molecule has 268 valence electrons. The molecule has 0 bridgehead atoms. The molecule has 0 aliphatic heterocycles. The second kappa shape index (κ2) is 19.7. The highest BCUT2D eigenvalue weighted by atomic mass is 16.3. The highest BCUT2D eigenvalue weighted by Crippen LogP contribution is 2.11. The number of nitrogens with two attached hydrogens (primary N) is 2. The number of aromatic hydroxyl groups is 1. The third kappa shape index (κ3) is 13.9. The summed E-state index contributed by atoms with van der Waals surface area (Å²) in [5.41, 5.74) is 12.5. The minimum absolute atomic E-state index is 0.00814. The molecular formula is C33H47N7O9. The van der Waals surface area contributed by atoms with Crippen molar-refractivity contribution in [3.63, 3.8) is 0 Å². The largest absolute Gasteiger partial charge is 0.508 e. The van der Waals surface area contributed by atoms with E-state index in [1.54, 1.807) is 42.5 Å². The lowest BCUT2D eigenvalue weighted by Gasteiger charge is -2.26. The van der Waals surface area contributed by atoms with Crippen molar-refractivity contribution < 1.29 is 44.1 Å². The Balaban J connectivity index is 2.11. The zero-order valence-corrected chi connectivity index (χ0v) is 27.7. The molecule has 2 rings (SSSR count). The van der Waals surface area contributed by atoms with Gasteiger partial charge in [0.25, 0.3) is 0 Å². The first-order valence-corrected chi connectivity index (χ1v) is 15.7. The fraction of sp³-hybridized carbons (Fsp3) is 0.455. The van der Waals surface area contributed by atoms with E-state index in [1.807, 2.05) is 13.8 Å². The molecule has 0 heterocycles. The Labute approximate surface area is 284 Å². The number of phenolic OH excluding ortho intramolecular Hbond substituents is 1. The average molecular weight is 686 g/mol. The number of amides is 6. The maximum absolute atomic E-state index is 13.5. The van der Waals surface area contributed by atoms with E-state index < -0.39 is 84.9 Å². The van der Waals surface area contributed by atoms with Gasteiger partial charge in [-0.2, -0.15) is 0 Å². The van der Waals surface area contributed by atoms with Crippen LogP contribution in [0.4, 0.5) is 0 Å². The normalized spacial score (nSPS) is 14.7. The molecule has 49 heavy (non-hydrogen) atoms. The van der Waals surface area contributed by atoms with Crippen LogP contribution in [0.25, 0.3) is 0 Å². The Morgan fingerprint density at radius 3 is 1.84 bits per heavy atom. The van der Waals surface area contributed by atoms with Crippen LogP contribution < -0.4 is 38.1 Å². The lowest BCUT2D eigenvalue weighted by atomic mass is 10.0. The monoisotopic (exact) mass is 685 g/mol. The van der Waals surface area contributed by atoms with Gasteiger partial charge in [-0.25, -0.2) is 0 Å². The standard InChI is InChI=1S/C33H47N7O9/c1-18(2)13-24(31(47)39-26(17-41)29(35)45)38-32(48)25(15-20-7-5-4-6-8-20)37-27(44)16-36-33(49)28(19(3)42)40-30(46)23(34)14-21-9-11-22(43)12-10-21/h4-12,18-19,23-26,28,41-43H,13-17,34H2,1-3H3,(H2,35,45)(H,36,49)(H,37,44)(H,38,48)(H,39,47)(H,40,46)/t19-,23-,24-,25-,26-,28+/m0/s1. The third-order valence-corrected chi connectivity index (χ3v) is 7.33. The smallest absolute Gasteiger partial charge is 0.245 e. The van der Waals surface area contributed by atoms with Gasteiger partial charge in [0, 0.05) is 6.42 Å². The zero-order valence-electron chi connectivity index (χ0n) is 27.7. The van der Waals surface area contributed by atoms with E-state index in [0.717, 1.165) is 0 Å². The molecule has 2 aromatic rings. The van der Waals surface area contributed by atoms with Crippen LogP contribution in [-0.4, -0.2) is 100 Å². The summed E-state index contributed by atoms with van der Waals surface area (Å²) >= 11 is 0. The van der Waals surface area contributed by atoms with E-state index in [1.165, 1.54) is 19.1 Å². The van der Waals surface area contributed by atoms with Crippen LogP contribution in [0.3, 0.4) is 0 Å². The molecule has 0 aromatic heterocycles. The summed E-state index contributed by atoms with van der Waals surface area (Å²) in [5, 5.41) is 41.2. The van der Waals surface area contributed by atoms with Crippen LogP contribution in [0.5, 0.6) is 5.75 Å². The van der Waals surface area contributed by atoms with Gasteiger partial charge in [0.05, 0.1) is 25.3 Å². The first kappa shape index (κ1) is 40.1. The minimum atomic E-state index is -1.46. The van der Waals surface area contributed by atoms with Gasteiger partial charge in [0.2, 0.25) is 35.4 Å². The minimum Gasteiger partial charge on any atom is -0.508 e. The number of carbonyl (C=O) groups excluding carboxylic acids is 6. The lowest BCUT2D eigenvalue weighted by Crippen LogP contribution is -2.59. The Bertz CT molecular complexity index is 1420. The van der Waals surface area contributed by atoms with Crippen LogP contribution in [0.1, 0.15) is 38.3 Å². The van der Waals surface area contributed by atoms with Gasteiger partial charge >= 0.3 is 0 Å². The van der Waals surface area contributed by atoms with Crippen LogP contribution in [-0.2, 0) is 41.6 Å². The second-order valence-electron chi connectivity index (χ2n) is 12.1. The molecule has 16 heteroatoms. The summed E-state index contributed by atoms with van der Waals surface area (Å²) in [6, 6.07) is 8.45. The number of nitrogens with one attached hydrogen (secondary N) is 5. The van der Waals surface area contributed by atoms with Gasteiger partial charge in [-0.15, -0.1) is 0 Å². The number of benzene rings is 2. The highest BCUT2D eigenvalue weighted by molar-refractivity contribution is 5.95. The average Bonchev–Trinajstić information content (AvgIpc) is 3.05. The topological polar surface area (TPSA) is 275 Å². The maximum Gasteiger partial charge on any atom is 0.245 e. The van der Waals surface area contributed by atoms with Crippen molar-refractivity contribution in [2.75, 3.05) is 13.2 Å². The Morgan fingerprint density at radius 1 is 0.714 bits per heavy atom. The SMILES string of the molecule is CC(C)C[C@H](NC(=O)[C@H](Cc1ccccc1)NC(=O)CNC(=O)[C@H](NC(=O)[C@@H](N)Cc1ccc(O)cc1)[C@H](C)O)C(=O)N[C@@H](CO)C(N)=O. The van der Waals surface area contributed by atoms with Crippen molar-refractivity contribution in [2.45, 2.75) is 76.3 Å². The summed E-state index contributed by atoms with van der Waals surface area (Å²) in [5.74, 6) is -4.91. The van der Waals surface area contributed by atoms with Gasteiger partial charge in [0.1, 0.15) is 29.9 Å². The predicted molar refractivity (Wildman–Crippen MR) is 178 cm³/mol. The number of rotatable bonds is 19. The lowest BCUT2D eigenvalue weighted by molar-refractivity contribution is -0.134. The number of aliphatic hydroxyl groups is 2. The molecule has 6 atom stereocenters. The molecule has 2 aromatic carbocycles. The van der Waals surface area contributed by atoms with E-state index in [-0.39, 0.29) is 30.9 Å². The fourth-order valence-electron chi connectivity index (χ4n) is 4.68. The predicted octanol–water partition coefficient (Wildman–Crippen LogP) is -2.54. The van der Waals surface area contributed by atoms with Gasteiger partial charge < -0.3 is 53.4 Å². The van der Waals surface area contributed by atoms with Crippen molar-refractivity contribution in [2.24, 2.45) is 17.4 Å². The molecule has 0 saturated carbocycles. The summed E-state index contributed by atoms with van der Waals surface area (Å²) in [4.78, 5) is 76.7. The Morgan fingerprint density at radius 2 is 1.29 bits per heavy atom. The van der Waals surface area contributed by atoms with Gasteiger partial charge in [-0.05, 0) is 48.9 Å². The van der Waals surface area contributed by atoms with Crippen LogP contribution >= 0.6 is 0 Å². The molecule has 6 amide bonds. The van der Waals surface area contributed by atoms with Crippen molar-refractivity contribution in [3.05, 3.63) is 65.7 Å². The number of hydrogen-bond donors (Lipinski definition) is 10. The summed E-state index contributed by atoms with van der Waals surface area (Å²) in [6.45, 7) is 3.51. The van der Waals surface area contributed by atoms with Gasteiger partial charge in [-0.1, -0.05) is 56.3 Å². The molecule has 0 fully saturated rings.